The molecule has 3 N–H and O–H groups in total. The predicted octanol–water partition coefficient (Wildman–Crippen LogP) is 1.49. The molecule has 0 aliphatic rings. The topological polar surface area (TPSA) is 61.8 Å². The third kappa shape index (κ3) is 2.14. The Bertz CT molecular complexity index is 425. The number of hydrogen-bond acceptors (Lipinski definition) is 2. The first-order chi connectivity index (χ1) is 6.54. The summed E-state index contributed by atoms with van der Waals surface area (Å²) in [6, 6.07) is 3.11. The summed E-state index contributed by atoms with van der Waals surface area (Å²) >= 11 is 4.45. The van der Waals surface area contributed by atoms with Crippen molar-refractivity contribution in [3.05, 3.63) is 29.3 Å². The van der Waals surface area contributed by atoms with Gasteiger partial charge in [0.25, 0.3) is 0 Å². The quantitative estimate of drug-likeness (QED) is 0.694. The van der Waals surface area contributed by atoms with Crippen LogP contribution in [0.1, 0.15) is 5.56 Å². The Morgan fingerprint density at radius 3 is 2.57 bits per heavy atom. The number of nitriles is 1. The number of nitrogens with two attached hydrogens (primary N) is 1. The molecule has 3 nitrogen and oxygen atoms in total. The third-order valence-corrected chi connectivity index (χ3v) is 1.54. The maximum atomic E-state index is 13.1. The van der Waals surface area contributed by atoms with Crippen molar-refractivity contribution in [3.63, 3.8) is 0 Å². The number of thiocarbonyl (C=S) groups is 1. The molecule has 0 amide bonds. The number of anilines is 1. The van der Waals surface area contributed by atoms with Crippen molar-refractivity contribution in [2.45, 2.75) is 0 Å². The molecule has 1 aromatic carbocycles. The van der Waals surface area contributed by atoms with E-state index in [0.717, 1.165) is 12.1 Å². The normalized spacial score (nSPS) is 9.21. The summed E-state index contributed by atoms with van der Waals surface area (Å²) in [5.74, 6) is -1.61. The third-order valence-electron chi connectivity index (χ3n) is 1.44. The second kappa shape index (κ2) is 3.98. The standard InChI is InChI=1S/C8H5F2N3S/c9-5-2-7(13-8(12)14)6(10)1-4(5)3-11/h1-2H,(H3,12,13,14). The van der Waals surface area contributed by atoms with Gasteiger partial charge in [0.2, 0.25) is 0 Å². The van der Waals surface area contributed by atoms with Gasteiger partial charge in [0, 0.05) is 6.07 Å². The van der Waals surface area contributed by atoms with Crippen molar-refractivity contribution in [2.75, 3.05) is 5.32 Å². The van der Waals surface area contributed by atoms with E-state index in [1.165, 1.54) is 6.07 Å². The Hall–Kier alpha value is -1.74. The monoisotopic (exact) mass is 213 g/mol. The van der Waals surface area contributed by atoms with Crippen LogP contribution >= 0.6 is 12.2 Å². The minimum atomic E-state index is -0.826. The largest absolute Gasteiger partial charge is 0.376 e. The molecule has 0 unspecified atom stereocenters. The number of nitrogens with one attached hydrogen (secondary N) is 1. The Balaban J connectivity index is 3.16. The van der Waals surface area contributed by atoms with Crippen LogP contribution in [0.2, 0.25) is 0 Å². The fourth-order valence-electron chi connectivity index (χ4n) is 0.861. The lowest BCUT2D eigenvalue weighted by molar-refractivity contribution is 0.600. The average Bonchev–Trinajstić information content (AvgIpc) is 2.10. The van der Waals surface area contributed by atoms with Gasteiger partial charge in [0.1, 0.15) is 17.7 Å². The molecule has 0 fully saturated rings. The SMILES string of the molecule is N#Cc1cc(F)c(NC(N)=S)cc1F. The van der Waals surface area contributed by atoms with E-state index in [1.807, 2.05) is 0 Å². The van der Waals surface area contributed by atoms with Gasteiger partial charge in [-0.15, -0.1) is 0 Å². The highest BCUT2D eigenvalue weighted by Gasteiger charge is 2.09. The van der Waals surface area contributed by atoms with Gasteiger partial charge in [-0.25, -0.2) is 8.78 Å². The fourth-order valence-corrected chi connectivity index (χ4v) is 0.971. The lowest BCUT2D eigenvalue weighted by Gasteiger charge is -2.05. The van der Waals surface area contributed by atoms with E-state index >= 15 is 0 Å². The molecule has 0 aliphatic heterocycles. The minimum absolute atomic E-state index is 0.173. The Labute approximate surface area is 84.1 Å². The van der Waals surface area contributed by atoms with Crippen molar-refractivity contribution in [3.8, 4) is 6.07 Å². The van der Waals surface area contributed by atoms with Gasteiger partial charge < -0.3 is 11.1 Å². The Morgan fingerprint density at radius 1 is 1.43 bits per heavy atom. The molecular weight excluding hydrogens is 208 g/mol. The van der Waals surface area contributed by atoms with E-state index < -0.39 is 11.6 Å². The number of benzene rings is 1. The minimum Gasteiger partial charge on any atom is -0.376 e. The van der Waals surface area contributed by atoms with Crippen LogP contribution in [0.25, 0.3) is 0 Å². The van der Waals surface area contributed by atoms with Crippen LogP contribution in [-0.4, -0.2) is 5.11 Å². The van der Waals surface area contributed by atoms with Crippen LogP contribution in [-0.2, 0) is 0 Å². The lowest BCUT2D eigenvalue weighted by Crippen LogP contribution is -2.19. The van der Waals surface area contributed by atoms with E-state index in [-0.39, 0.29) is 16.4 Å². The summed E-state index contributed by atoms with van der Waals surface area (Å²) in [5.41, 5.74) is 4.53. The van der Waals surface area contributed by atoms with Crippen LogP contribution in [0.4, 0.5) is 14.5 Å². The molecule has 1 aromatic rings. The van der Waals surface area contributed by atoms with Crippen molar-refractivity contribution >= 4 is 23.0 Å². The van der Waals surface area contributed by atoms with Gasteiger partial charge in [0.15, 0.2) is 5.11 Å². The molecule has 0 spiro atoms. The van der Waals surface area contributed by atoms with Crippen molar-refractivity contribution in [1.29, 1.82) is 5.26 Å². The van der Waals surface area contributed by atoms with E-state index in [0.29, 0.717) is 0 Å². The molecule has 0 aliphatic carbocycles. The highest BCUT2D eigenvalue weighted by atomic mass is 32.1. The van der Waals surface area contributed by atoms with Gasteiger partial charge in [-0.05, 0) is 18.3 Å². The smallest absolute Gasteiger partial charge is 0.168 e. The van der Waals surface area contributed by atoms with E-state index in [9.17, 15) is 8.78 Å². The summed E-state index contributed by atoms with van der Waals surface area (Å²) in [5, 5.41) is 10.5. The maximum absolute atomic E-state index is 13.1. The van der Waals surface area contributed by atoms with E-state index in [1.54, 1.807) is 0 Å². The molecule has 0 saturated heterocycles. The number of nitrogens with zero attached hydrogens (tertiary/aromatic N) is 1. The molecule has 6 heteroatoms. The van der Waals surface area contributed by atoms with Gasteiger partial charge in [-0.2, -0.15) is 5.26 Å². The lowest BCUT2D eigenvalue weighted by atomic mass is 10.2. The van der Waals surface area contributed by atoms with Gasteiger partial charge in [-0.1, -0.05) is 0 Å². The summed E-state index contributed by atoms with van der Waals surface area (Å²) < 4.78 is 26.0. The van der Waals surface area contributed by atoms with Gasteiger partial charge in [0.05, 0.1) is 11.3 Å². The first-order valence-corrected chi connectivity index (χ1v) is 3.91. The zero-order valence-electron chi connectivity index (χ0n) is 6.84. The molecular formula is C8H5F2N3S. The zero-order chi connectivity index (χ0) is 10.7. The summed E-state index contributed by atoms with van der Waals surface area (Å²) in [7, 11) is 0. The highest BCUT2D eigenvalue weighted by Crippen LogP contribution is 2.18. The van der Waals surface area contributed by atoms with E-state index in [4.69, 9.17) is 11.0 Å². The second-order valence-electron chi connectivity index (χ2n) is 2.41. The fraction of sp³-hybridized carbons (Fsp3) is 0. The average molecular weight is 213 g/mol. The molecule has 0 saturated carbocycles. The second-order valence-corrected chi connectivity index (χ2v) is 2.85. The molecule has 1 rings (SSSR count). The Morgan fingerprint density at radius 2 is 2.07 bits per heavy atom. The zero-order valence-corrected chi connectivity index (χ0v) is 7.66. The van der Waals surface area contributed by atoms with Gasteiger partial charge >= 0.3 is 0 Å². The van der Waals surface area contributed by atoms with Crippen molar-refractivity contribution in [1.82, 2.24) is 0 Å². The van der Waals surface area contributed by atoms with Crippen LogP contribution in [0, 0.1) is 23.0 Å². The molecule has 0 bridgehead atoms. The number of rotatable bonds is 1. The molecule has 0 radical (unpaired) electrons. The van der Waals surface area contributed by atoms with Crippen molar-refractivity contribution in [2.24, 2.45) is 5.73 Å². The summed E-state index contributed by atoms with van der Waals surface area (Å²) in [6.07, 6.45) is 0. The van der Waals surface area contributed by atoms with E-state index in [2.05, 4.69) is 17.5 Å². The molecule has 72 valence electrons. The first kappa shape index (κ1) is 10.3. The molecule has 14 heavy (non-hydrogen) atoms. The summed E-state index contributed by atoms with van der Waals surface area (Å²) in [6.45, 7) is 0. The maximum Gasteiger partial charge on any atom is 0.168 e. The molecule has 0 atom stereocenters. The first-order valence-electron chi connectivity index (χ1n) is 3.50. The number of halogens is 2. The number of hydrogen-bond donors (Lipinski definition) is 2. The molecule has 0 aromatic heterocycles. The van der Waals surface area contributed by atoms with Crippen LogP contribution in [0.5, 0.6) is 0 Å². The van der Waals surface area contributed by atoms with Crippen LogP contribution < -0.4 is 11.1 Å². The van der Waals surface area contributed by atoms with Crippen LogP contribution in [0.15, 0.2) is 12.1 Å². The van der Waals surface area contributed by atoms with Crippen molar-refractivity contribution < 1.29 is 8.78 Å². The predicted molar refractivity (Wildman–Crippen MR) is 51.5 cm³/mol. The molecule has 0 heterocycles. The van der Waals surface area contributed by atoms with Crippen LogP contribution in [0.3, 0.4) is 0 Å². The van der Waals surface area contributed by atoms with Gasteiger partial charge in [-0.3, -0.25) is 0 Å². The Kier molecular flexibility index (Phi) is 2.94. The highest BCUT2D eigenvalue weighted by molar-refractivity contribution is 7.80. The summed E-state index contributed by atoms with van der Waals surface area (Å²) in [4.78, 5) is 0.